The van der Waals surface area contributed by atoms with Crippen LogP contribution in [0.4, 0.5) is 9.59 Å². The van der Waals surface area contributed by atoms with Crippen LogP contribution in [0.15, 0.2) is 89.4 Å². The average Bonchev–Trinajstić information content (AvgIpc) is 4.06. The first-order valence-electron chi connectivity index (χ1n) is 26.0. The third kappa shape index (κ3) is 11.1. The van der Waals surface area contributed by atoms with Crippen molar-refractivity contribution < 1.29 is 45.4 Å². The van der Waals surface area contributed by atoms with E-state index in [1.165, 1.54) is 22.7 Å². The quantitative estimate of drug-likeness (QED) is 0.0867. The maximum absolute atomic E-state index is 15.5. The van der Waals surface area contributed by atoms with Crippen molar-refractivity contribution in [2.45, 2.75) is 154 Å². The standard InChI is InChI=1S/C53H62N8O10S4/c1-30(2)69-52(62)58-33-8-6-32(7-9-33)50-54-25-45(72-50)42-17-12-37(71-38-24-57-61(27-38)36-28-68-29-36)22-48(42)75(66,67)49-23-44(49)43-20-34(59-53(63)70-31(3)4)10-15-40(43)51-55-26-46(73-51)41-16-11-35(60-19-5-18-56-60)21-47(41)74(64,65)39-13-14-39/h5,11-12,16-19,21-22,24-27,30-34,36,39-40,43-44,49H,6-10,13-15,20,23,28-29H2,1-4H3,(H,58,62)(H,59,63)/t32-,33-,34-,40-,43?,44?,49?/m1/s1. The molecule has 4 aliphatic carbocycles. The zero-order valence-electron chi connectivity index (χ0n) is 42.2. The van der Waals surface area contributed by atoms with Gasteiger partial charge in [-0.05, 0) is 134 Å². The molecule has 1 saturated heterocycles. The van der Waals surface area contributed by atoms with Gasteiger partial charge in [0.25, 0.3) is 0 Å². The van der Waals surface area contributed by atoms with E-state index in [9.17, 15) is 18.0 Å². The summed E-state index contributed by atoms with van der Waals surface area (Å²) in [4.78, 5) is 37.1. The van der Waals surface area contributed by atoms with Crippen LogP contribution in [0.3, 0.4) is 0 Å². The Labute approximate surface area is 444 Å². The van der Waals surface area contributed by atoms with Crippen LogP contribution < -0.4 is 15.4 Å². The van der Waals surface area contributed by atoms with E-state index < -0.39 is 42.4 Å². The van der Waals surface area contributed by atoms with Crippen molar-refractivity contribution in [1.82, 2.24) is 40.2 Å². The second-order valence-electron chi connectivity index (χ2n) is 21.1. The smallest absolute Gasteiger partial charge is 0.407 e. The lowest BCUT2D eigenvalue weighted by Gasteiger charge is -2.36. The summed E-state index contributed by atoms with van der Waals surface area (Å²) in [5.74, 6) is 0.331. The highest BCUT2D eigenvalue weighted by Gasteiger charge is 2.55. The molecule has 5 fully saturated rings. The molecular weight excluding hydrogens is 1040 g/mol. The number of carbonyl (C=O) groups is 2. The number of hydrogen-bond acceptors (Lipinski definition) is 16. The average molecular weight is 1100 g/mol. The molecule has 0 spiro atoms. The number of hydrogen-bond donors (Lipinski definition) is 2. The summed E-state index contributed by atoms with van der Waals surface area (Å²) in [6, 6.07) is 12.2. The maximum Gasteiger partial charge on any atom is 0.407 e. The molecule has 398 valence electrons. The number of amides is 2. The molecule has 11 rings (SSSR count). The molecule has 2 amide bonds. The van der Waals surface area contributed by atoms with Crippen LogP contribution in [-0.2, 0) is 33.9 Å². The lowest BCUT2D eigenvalue weighted by Crippen LogP contribution is -2.42. The lowest BCUT2D eigenvalue weighted by atomic mass is 9.74. The minimum atomic E-state index is -4.04. The van der Waals surface area contributed by atoms with Gasteiger partial charge < -0.3 is 29.6 Å². The Morgan fingerprint density at radius 3 is 2.01 bits per heavy atom. The molecule has 75 heavy (non-hydrogen) atoms. The second kappa shape index (κ2) is 21.0. The highest BCUT2D eigenvalue weighted by Crippen LogP contribution is 2.56. The highest BCUT2D eigenvalue weighted by molar-refractivity contribution is 7.92. The SMILES string of the molecule is CC(C)OC(=O)N[C@@H]1CC[C@@H](c2ncc(-c3ccc(-n4cccn4)cc3S(=O)(=O)C3CC3)s2)C(C2CC2S(=O)(=O)c2cc(Oc3cnn(C4COC4)c3)ccc2-c2cnc([C@H]3CC[C@H](NC(=O)OC(C)C)CC3)s2)C1. The minimum Gasteiger partial charge on any atom is -0.454 e. The van der Waals surface area contributed by atoms with Crippen LogP contribution >= 0.6 is 22.7 Å². The van der Waals surface area contributed by atoms with Crippen molar-refractivity contribution in [2.24, 2.45) is 11.8 Å². The van der Waals surface area contributed by atoms with Crippen LogP contribution in [0.1, 0.15) is 120 Å². The van der Waals surface area contributed by atoms with Gasteiger partial charge in [-0.25, -0.2) is 41.1 Å². The molecule has 0 bridgehead atoms. The van der Waals surface area contributed by atoms with Gasteiger partial charge in [0.1, 0.15) is 5.75 Å². The number of aromatic nitrogens is 6. The van der Waals surface area contributed by atoms with E-state index in [-0.39, 0.29) is 63.8 Å². The van der Waals surface area contributed by atoms with Crippen LogP contribution in [0.5, 0.6) is 11.5 Å². The lowest BCUT2D eigenvalue weighted by molar-refractivity contribution is -0.0287. The fourth-order valence-electron chi connectivity index (χ4n) is 10.9. The normalized spacial score (nSPS) is 24.2. The number of thiazole rings is 2. The summed E-state index contributed by atoms with van der Waals surface area (Å²) in [5, 5.41) is 15.4. The summed E-state index contributed by atoms with van der Waals surface area (Å²) in [6.07, 6.45) is 15.4. The predicted molar refractivity (Wildman–Crippen MR) is 282 cm³/mol. The summed E-state index contributed by atoms with van der Waals surface area (Å²) >= 11 is 2.94. The van der Waals surface area contributed by atoms with Gasteiger partial charge in [0.15, 0.2) is 25.4 Å². The molecule has 0 radical (unpaired) electrons. The van der Waals surface area contributed by atoms with Gasteiger partial charge >= 0.3 is 12.2 Å². The monoisotopic (exact) mass is 1100 g/mol. The third-order valence-corrected chi connectivity index (χ3v) is 21.9. The summed E-state index contributed by atoms with van der Waals surface area (Å²) in [7, 11) is -7.69. The molecule has 4 aromatic heterocycles. The Morgan fingerprint density at radius 1 is 0.707 bits per heavy atom. The first-order chi connectivity index (χ1) is 36.1. The number of rotatable bonds is 17. The van der Waals surface area contributed by atoms with Crippen LogP contribution in [0.2, 0.25) is 0 Å². The minimum absolute atomic E-state index is 0.00718. The fraction of sp³-hybridized carbons (Fsp3) is 0.509. The number of benzene rings is 2. The predicted octanol–water partition coefficient (Wildman–Crippen LogP) is 10.0. The van der Waals surface area contributed by atoms with Crippen molar-refractivity contribution in [3.63, 3.8) is 0 Å². The maximum atomic E-state index is 15.5. The number of carbonyl (C=O) groups excluding carboxylic acids is 2. The Morgan fingerprint density at radius 2 is 1.36 bits per heavy atom. The zero-order valence-corrected chi connectivity index (χ0v) is 45.5. The number of nitrogens with zero attached hydrogens (tertiary/aromatic N) is 6. The number of alkyl carbamates (subject to hydrolysis) is 2. The molecule has 6 aromatic rings. The second-order valence-corrected chi connectivity index (χ2v) is 27.6. The largest absolute Gasteiger partial charge is 0.454 e. The molecule has 2 N–H and O–H groups in total. The molecule has 5 heterocycles. The van der Waals surface area contributed by atoms with Crippen LogP contribution in [0, 0.1) is 11.8 Å². The molecule has 22 heteroatoms. The molecule has 1 aliphatic heterocycles. The molecular formula is C53H62N8O10S4. The van der Waals surface area contributed by atoms with Crippen LogP contribution in [0.25, 0.3) is 26.6 Å². The Bertz CT molecular complexity index is 3260. The molecule has 2 aromatic carbocycles. The summed E-state index contributed by atoms with van der Waals surface area (Å²) in [5.41, 5.74) is 1.76. The zero-order chi connectivity index (χ0) is 52.2. The topological polar surface area (TPSA) is 225 Å². The Kier molecular flexibility index (Phi) is 14.4. The first-order valence-corrected chi connectivity index (χ1v) is 30.7. The van der Waals surface area contributed by atoms with Gasteiger partial charge in [0, 0.05) is 65.9 Å². The van der Waals surface area contributed by atoms with Gasteiger partial charge in [-0.2, -0.15) is 10.2 Å². The molecule has 3 unspecified atom stereocenters. The van der Waals surface area contributed by atoms with E-state index in [1.54, 1.807) is 84.7 Å². The van der Waals surface area contributed by atoms with E-state index in [0.29, 0.717) is 84.9 Å². The molecule has 5 aliphatic rings. The van der Waals surface area contributed by atoms with E-state index >= 15 is 8.42 Å². The molecule has 5 atom stereocenters. The van der Waals surface area contributed by atoms with E-state index in [1.807, 2.05) is 32.0 Å². The molecule has 4 saturated carbocycles. The van der Waals surface area contributed by atoms with Crippen molar-refractivity contribution in [2.75, 3.05) is 13.2 Å². The number of sulfone groups is 2. The van der Waals surface area contributed by atoms with Crippen molar-refractivity contribution in [3.05, 3.63) is 89.7 Å². The Hall–Kier alpha value is -5.68. The van der Waals surface area contributed by atoms with Gasteiger partial charge in [-0.1, -0.05) is 6.07 Å². The number of nitrogens with one attached hydrogen (secondary N) is 2. The molecule has 18 nitrogen and oxygen atoms in total. The number of ether oxygens (including phenoxy) is 4. The van der Waals surface area contributed by atoms with Crippen molar-refractivity contribution in [3.8, 4) is 38.1 Å². The van der Waals surface area contributed by atoms with Gasteiger partial charge in [0.05, 0.1) is 89.6 Å². The summed E-state index contributed by atoms with van der Waals surface area (Å²) < 4.78 is 85.0. The fourth-order valence-corrected chi connectivity index (χ4v) is 17.5. The van der Waals surface area contributed by atoms with E-state index in [4.69, 9.17) is 28.9 Å². The van der Waals surface area contributed by atoms with Crippen molar-refractivity contribution >= 4 is 54.5 Å². The van der Waals surface area contributed by atoms with Crippen molar-refractivity contribution in [1.29, 1.82) is 0 Å². The van der Waals surface area contributed by atoms with Gasteiger partial charge in [-0.3, -0.25) is 4.68 Å². The van der Waals surface area contributed by atoms with E-state index in [2.05, 4.69) is 20.8 Å². The first kappa shape index (κ1) is 51.4. The highest BCUT2D eigenvalue weighted by atomic mass is 32.2. The Balaban J connectivity index is 0.892. The summed E-state index contributed by atoms with van der Waals surface area (Å²) in [6.45, 7) is 8.34. The van der Waals surface area contributed by atoms with Gasteiger partial charge in [0.2, 0.25) is 0 Å². The van der Waals surface area contributed by atoms with Gasteiger partial charge in [-0.15, -0.1) is 22.7 Å². The van der Waals surface area contributed by atoms with E-state index in [0.717, 1.165) is 40.6 Å². The third-order valence-electron chi connectivity index (χ3n) is 15.0. The van der Waals surface area contributed by atoms with Crippen LogP contribution in [-0.4, -0.2) is 107 Å².